The van der Waals surface area contributed by atoms with Crippen molar-refractivity contribution in [2.24, 2.45) is 0 Å². The molecule has 0 atom stereocenters. The molecule has 0 fully saturated rings. The zero-order valence-corrected chi connectivity index (χ0v) is 14.5. The van der Waals surface area contributed by atoms with Gasteiger partial charge in [-0.05, 0) is 42.7 Å². The molecule has 2 aromatic carbocycles. The molecule has 2 aromatic rings. The lowest BCUT2D eigenvalue weighted by Gasteiger charge is -2.13. The summed E-state index contributed by atoms with van der Waals surface area (Å²) in [6.07, 6.45) is -3.69. The first-order valence-electron chi connectivity index (χ1n) is 7.60. The topological polar surface area (TPSA) is 29.1 Å². The van der Waals surface area contributed by atoms with E-state index in [4.69, 9.17) is 0 Å². The summed E-state index contributed by atoms with van der Waals surface area (Å²) in [5.74, 6) is -2.26. The summed E-state index contributed by atoms with van der Waals surface area (Å²) < 4.78 is 51.3. The van der Waals surface area contributed by atoms with Crippen LogP contribution in [0.5, 0.6) is 0 Å². The summed E-state index contributed by atoms with van der Waals surface area (Å²) in [5.41, 5.74) is 1.47. The minimum atomic E-state index is -4.32. The predicted molar refractivity (Wildman–Crippen MR) is 91.7 cm³/mol. The summed E-state index contributed by atoms with van der Waals surface area (Å²) >= 11 is 0.564. The molecule has 134 valence electrons. The Bertz CT molecular complexity index is 774. The summed E-state index contributed by atoms with van der Waals surface area (Å²) in [6, 6.07) is 9.29. The lowest BCUT2D eigenvalue weighted by atomic mass is 10.0. The molecule has 2 nitrogen and oxygen atoms in total. The number of alkyl halides is 3. The van der Waals surface area contributed by atoms with Crippen LogP contribution in [0.1, 0.15) is 28.4 Å². The first-order valence-corrected chi connectivity index (χ1v) is 8.58. The summed E-state index contributed by atoms with van der Waals surface area (Å²) in [6.45, 7) is 3.42. The van der Waals surface area contributed by atoms with Crippen LogP contribution < -0.4 is 5.32 Å². The molecular weight excluding hydrogens is 354 g/mol. The van der Waals surface area contributed by atoms with Crippen LogP contribution in [0, 0.1) is 12.7 Å². The molecule has 0 heterocycles. The Labute approximate surface area is 147 Å². The summed E-state index contributed by atoms with van der Waals surface area (Å²) in [5, 5.41) is 2.46. The molecule has 25 heavy (non-hydrogen) atoms. The van der Waals surface area contributed by atoms with Gasteiger partial charge >= 0.3 is 6.18 Å². The number of aryl methyl sites for hydroxylation is 2. The third-order valence-corrected chi connectivity index (χ3v) is 4.77. The van der Waals surface area contributed by atoms with Gasteiger partial charge in [0.2, 0.25) is 0 Å². The fourth-order valence-electron chi connectivity index (χ4n) is 2.30. The normalized spacial score (nSPS) is 11.4. The monoisotopic (exact) mass is 371 g/mol. The Kier molecular flexibility index (Phi) is 6.11. The number of thioether (sulfide) groups is 1. The first kappa shape index (κ1) is 19.3. The minimum absolute atomic E-state index is 0.133. The molecule has 0 aliphatic rings. The molecule has 0 saturated carbocycles. The number of rotatable bonds is 5. The van der Waals surface area contributed by atoms with Crippen LogP contribution in [0.3, 0.4) is 0 Å². The second-order valence-electron chi connectivity index (χ2n) is 5.47. The number of carbonyl (C=O) groups is 1. The van der Waals surface area contributed by atoms with E-state index in [1.165, 1.54) is 13.0 Å². The first-order chi connectivity index (χ1) is 11.7. The van der Waals surface area contributed by atoms with Gasteiger partial charge in [0.25, 0.3) is 5.91 Å². The fraction of sp³-hybridized carbons (Fsp3) is 0.278. The molecule has 0 bridgehead atoms. The van der Waals surface area contributed by atoms with E-state index in [9.17, 15) is 22.4 Å². The van der Waals surface area contributed by atoms with E-state index in [-0.39, 0.29) is 10.6 Å². The predicted octanol–water partition coefficient (Wildman–Crippen LogP) is 5.60. The van der Waals surface area contributed by atoms with Crippen molar-refractivity contribution in [3.05, 3.63) is 58.9 Å². The van der Waals surface area contributed by atoms with E-state index in [1.54, 1.807) is 24.3 Å². The van der Waals surface area contributed by atoms with Gasteiger partial charge in [-0.25, -0.2) is 4.39 Å². The van der Waals surface area contributed by atoms with Gasteiger partial charge in [-0.1, -0.05) is 25.1 Å². The van der Waals surface area contributed by atoms with Crippen molar-refractivity contribution < 1.29 is 22.4 Å². The molecule has 0 unspecified atom stereocenters. The molecule has 1 N–H and O–H groups in total. The zero-order valence-electron chi connectivity index (χ0n) is 13.7. The van der Waals surface area contributed by atoms with E-state index in [0.29, 0.717) is 29.3 Å². The van der Waals surface area contributed by atoms with Crippen LogP contribution in [-0.2, 0) is 6.42 Å². The van der Waals surface area contributed by atoms with E-state index in [1.807, 2.05) is 6.92 Å². The van der Waals surface area contributed by atoms with Crippen LogP contribution in [0.2, 0.25) is 0 Å². The highest BCUT2D eigenvalue weighted by Crippen LogP contribution is 2.32. The van der Waals surface area contributed by atoms with Crippen molar-refractivity contribution >= 4 is 23.4 Å². The molecule has 1 amide bonds. The maximum absolute atomic E-state index is 14.1. The Morgan fingerprint density at radius 1 is 1.20 bits per heavy atom. The number of hydrogen-bond donors (Lipinski definition) is 1. The number of amides is 1. The number of anilines is 1. The largest absolute Gasteiger partial charge is 0.398 e. The van der Waals surface area contributed by atoms with Gasteiger partial charge in [0, 0.05) is 10.5 Å². The third-order valence-electron chi connectivity index (χ3n) is 3.55. The van der Waals surface area contributed by atoms with Crippen LogP contribution in [0.4, 0.5) is 23.2 Å². The Balaban J connectivity index is 2.25. The average molecular weight is 371 g/mol. The van der Waals surface area contributed by atoms with Crippen LogP contribution in [-0.4, -0.2) is 17.8 Å². The standard InChI is InChI=1S/C18H17F4NOS/c1-3-12-6-4-5-7-13(12)17(24)23-15-9-16(11(2)8-14(15)19)25-10-18(20,21)22/h4-9H,3,10H2,1-2H3,(H,23,24). The van der Waals surface area contributed by atoms with Gasteiger partial charge in [-0.2, -0.15) is 13.2 Å². The van der Waals surface area contributed by atoms with Crippen LogP contribution in [0.15, 0.2) is 41.3 Å². The minimum Gasteiger partial charge on any atom is -0.319 e. The van der Waals surface area contributed by atoms with Gasteiger partial charge in [-0.3, -0.25) is 4.79 Å². The zero-order chi connectivity index (χ0) is 18.6. The smallest absolute Gasteiger partial charge is 0.319 e. The molecule has 0 aliphatic carbocycles. The van der Waals surface area contributed by atoms with Gasteiger partial charge in [0.05, 0.1) is 11.4 Å². The lowest BCUT2D eigenvalue weighted by molar-refractivity contribution is -0.105. The van der Waals surface area contributed by atoms with E-state index < -0.39 is 23.7 Å². The van der Waals surface area contributed by atoms with E-state index in [2.05, 4.69) is 5.32 Å². The molecule has 2 rings (SSSR count). The molecule has 0 saturated heterocycles. The number of benzene rings is 2. The van der Waals surface area contributed by atoms with E-state index >= 15 is 0 Å². The number of halogens is 4. The maximum atomic E-state index is 14.1. The van der Waals surface area contributed by atoms with Crippen molar-refractivity contribution in [3.63, 3.8) is 0 Å². The Morgan fingerprint density at radius 2 is 1.88 bits per heavy atom. The number of nitrogens with one attached hydrogen (secondary N) is 1. The summed E-state index contributed by atoms with van der Waals surface area (Å²) in [4.78, 5) is 12.7. The van der Waals surface area contributed by atoms with Gasteiger partial charge < -0.3 is 5.32 Å². The molecule has 0 spiro atoms. The second kappa shape index (κ2) is 7.91. The van der Waals surface area contributed by atoms with Crippen molar-refractivity contribution in [1.29, 1.82) is 0 Å². The lowest BCUT2D eigenvalue weighted by Crippen LogP contribution is -2.15. The quantitative estimate of drug-likeness (QED) is 0.547. The SMILES string of the molecule is CCc1ccccc1C(=O)Nc1cc(SCC(F)(F)F)c(C)cc1F. The fourth-order valence-corrected chi connectivity index (χ4v) is 3.11. The molecular formula is C18H17F4NOS. The van der Waals surface area contributed by atoms with Gasteiger partial charge in [0.1, 0.15) is 5.82 Å². The highest BCUT2D eigenvalue weighted by molar-refractivity contribution is 7.99. The highest BCUT2D eigenvalue weighted by Gasteiger charge is 2.27. The van der Waals surface area contributed by atoms with Gasteiger partial charge in [-0.15, -0.1) is 11.8 Å². The van der Waals surface area contributed by atoms with Crippen LogP contribution >= 0.6 is 11.8 Å². The summed E-state index contributed by atoms with van der Waals surface area (Å²) in [7, 11) is 0. The molecule has 0 radical (unpaired) electrons. The van der Waals surface area contributed by atoms with Gasteiger partial charge in [0.15, 0.2) is 0 Å². The highest BCUT2D eigenvalue weighted by atomic mass is 32.2. The molecule has 0 aromatic heterocycles. The second-order valence-corrected chi connectivity index (χ2v) is 6.48. The third kappa shape index (κ3) is 5.22. The van der Waals surface area contributed by atoms with Crippen molar-refractivity contribution in [2.45, 2.75) is 31.3 Å². The Morgan fingerprint density at radius 3 is 2.52 bits per heavy atom. The van der Waals surface area contributed by atoms with Crippen molar-refractivity contribution in [2.75, 3.05) is 11.1 Å². The molecule has 0 aliphatic heterocycles. The average Bonchev–Trinajstić information content (AvgIpc) is 2.55. The number of carbonyl (C=O) groups excluding carboxylic acids is 1. The number of hydrogen-bond acceptors (Lipinski definition) is 2. The Hall–Kier alpha value is -2.02. The van der Waals surface area contributed by atoms with Crippen LogP contribution in [0.25, 0.3) is 0 Å². The maximum Gasteiger partial charge on any atom is 0.398 e. The van der Waals surface area contributed by atoms with Crippen molar-refractivity contribution in [1.82, 2.24) is 0 Å². The van der Waals surface area contributed by atoms with E-state index in [0.717, 1.165) is 11.6 Å². The molecule has 7 heteroatoms. The van der Waals surface area contributed by atoms with Crippen molar-refractivity contribution in [3.8, 4) is 0 Å².